The molecule has 2 amide bonds. The number of fused-ring (bicyclic) bond motifs is 1. The molecular formula is C21H26N2O7. The molecule has 0 radical (unpaired) electrons. The number of nitrogens with zero attached hydrogens (tertiary/aromatic N) is 1. The lowest BCUT2D eigenvalue weighted by Gasteiger charge is -2.30. The Bertz CT molecular complexity index is 905. The van der Waals surface area contributed by atoms with E-state index in [0.29, 0.717) is 23.1 Å². The minimum atomic E-state index is -2.10. The zero-order chi connectivity index (χ0) is 22.4. The Hall–Kier alpha value is -2.94. The van der Waals surface area contributed by atoms with Gasteiger partial charge in [0, 0.05) is 12.6 Å². The summed E-state index contributed by atoms with van der Waals surface area (Å²) < 4.78 is 0. The Labute approximate surface area is 173 Å². The molecule has 0 spiro atoms. The summed E-state index contributed by atoms with van der Waals surface area (Å²) in [6.45, 7) is 5.43. The van der Waals surface area contributed by atoms with Crippen LogP contribution < -0.4 is 5.32 Å². The number of hydrogen-bond acceptors (Lipinski definition) is 6. The summed E-state index contributed by atoms with van der Waals surface area (Å²) in [6.07, 6.45) is 0.478. The van der Waals surface area contributed by atoms with E-state index in [4.69, 9.17) is 0 Å². The fourth-order valence-electron chi connectivity index (χ4n) is 4.73. The molecule has 2 fully saturated rings. The maximum Gasteiger partial charge on any atom is 0.325 e. The van der Waals surface area contributed by atoms with Crippen LogP contribution in [0.25, 0.3) is 0 Å². The molecule has 0 bridgehead atoms. The number of likely N-dealkylation sites (tertiary alicyclic amines) is 1. The standard InChI is InChI=1S/C21H26N2O7/c1-4-5-6-23-18(27)14-15(19(23)28)21(20(29)30,9-13(24)25)22-16(14)12-7-10(2)17(26)11(3)8-12/h7-8,14-16,22,26H,4-6,9H2,1-3H3,(H,24,25)(H,29,30). The van der Waals surface area contributed by atoms with Crippen LogP contribution in [0.4, 0.5) is 0 Å². The minimum absolute atomic E-state index is 0.0849. The van der Waals surface area contributed by atoms with E-state index >= 15 is 0 Å². The van der Waals surface area contributed by atoms with Gasteiger partial charge < -0.3 is 15.3 Å². The molecule has 2 aliphatic rings. The number of aryl methyl sites for hydroxylation is 2. The molecule has 3 rings (SSSR count). The maximum atomic E-state index is 13.2. The first-order valence-corrected chi connectivity index (χ1v) is 9.93. The Balaban J connectivity index is 2.16. The summed E-state index contributed by atoms with van der Waals surface area (Å²) >= 11 is 0. The van der Waals surface area contributed by atoms with Crippen molar-refractivity contribution in [3.63, 3.8) is 0 Å². The van der Waals surface area contributed by atoms with Gasteiger partial charge in [-0.2, -0.15) is 0 Å². The number of nitrogens with one attached hydrogen (secondary N) is 1. The van der Waals surface area contributed by atoms with E-state index in [1.54, 1.807) is 26.0 Å². The molecule has 1 aromatic rings. The molecule has 4 unspecified atom stereocenters. The molecular weight excluding hydrogens is 392 g/mol. The fourth-order valence-corrected chi connectivity index (χ4v) is 4.73. The van der Waals surface area contributed by atoms with Crippen LogP contribution in [-0.4, -0.2) is 56.1 Å². The van der Waals surface area contributed by atoms with E-state index in [0.717, 1.165) is 11.3 Å². The van der Waals surface area contributed by atoms with Gasteiger partial charge in [0.25, 0.3) is 0 Å². The molecule has 0 aliphatic carbocycles. The first kappa shape index (κ1) is 21.8. The van der Waals surface area contributed by atoms with Crippen LogP contribution >= 0.6 is 0 Å². The second-order valence-electron chi connectivity index (χ2n) is 8.16. The van der Waals surface area contributed by atoms with Crippen LogP contribution in [0.5, 0.6) is 5.75 Å². The van der Waals surface area contributed by atoms with Crippen molar-refractivity contribution >= 4 is 23.8 Å². The number of phenolic OH excluding ortho intramolecular Hbond substituents is 1. The number of imide groups is 1. The summed E-state index contributed by atoms with van der Waals surface area (Å²) in [5, 5.41) is 32.3. The van der Waals surface area contributed by atoms with E-state index in [2.05, 4.69) is 5.32 Å². The highest BCUT2D eigenvalue weighted by molar-refractivity contribution is 6.10. The number of unbranched alkanes of at least 4 members (excludes halogenated alkanes) is 1. The van der Waals surface area contributed by atoms with Crippen LogP contribution in [0.1, 0.15) is 48.9 Å². The van der Waals surface area contributed by atoms with Gasteiger partial charge >= 0.3 is 11.9 Å². The molecule has 1 aromatic carbocycles. The van der Waals surface area contributed by atoms with Gasteiger partial charge in [0.1, 0.15) is 11.3 Å². The number of carboxylic acid groups (broad SMARTS) is 2. The van der Waals surface area contributed by atoms with Gasteiger partial charge in [-0.15, -0.1) is 0 Å². The number of aliphatic carboxylic acids is 2. The third-order valence-electron chi connectivity index (χ3n) is 6.16. The lowest BCUT2D eigenvalue weighted by molar-refractivity contribution is -0.156. The molecule has 2 saturated heterocycles. The second-order valence-corrected chi connectivity index (χ2v) is 8.16. The summed E-state index contributed by atoms with van der Waals surface area (Å²) in [7, 11) is 0. The minimum Gasteiger partial charge on any atom is -0.507 e. The summed E-state index contributed by atoms with van der Waals surface area (Å²) in [5.74, 6) is -6.27. The van der Waals surface area contributed by atoms with Crippen LogP contribution in [0, 0.1) is 25.7 Å². The van der Waals surface area contributed by atoms with Crippen molar-refractivity contribution in [3.05, 3.63) is 28.8 Å². The zero-order valence-electron chi connectivity index (χ0n) is 17.1. The van der Waals surface area contributed by atoms with E-state index in [-0.39, 0.29) is 12.3 Å². The number of phenols is 1. The summed E-state index contributed by atoms with van der Waals surface area (Å²) in [6, 6.07) is 2.39. The summed E-state index contributed by atoms with van der Waals surface area (Å²) in [5.41, 5.74) is -0.498. The fraction of sp³-hybridized carbons (Fsp3) is 0.524. The normalized spacial score (nSPS) is 28.1. The van der Waals surface area contributed by atoms with Crippen molar-refractivity contribution in [2.45, 2.75) is 51.6 Å². The highest BCUT2D eigenvalue weighted by Gasteiger charge is 2.68. The monoisotopic (exact) mass is 418 g/mol. The number of aromatic hydroxyl groups is 1. The van der Waals surface area contributed by atoms with Crippen molar-refractivity contribution in [2.75, 3.05) is 6.54 Å². The van der Waals surface area contributed by atoms with Gasteiger partial charge in [-0.25, -0.2) is 0 Å². The van der Waals surface area contributed by atoms with Gasteiger partial charge in [-0.05, 0) is 37.0 Å². The van der Waals surface area contributed by atoms with E-state index < -0.39 is 53.6 Å². The maximum absolute atomic E-state index is 13.2. The van der Waals surface area contributed by atoms with Crippen molar-refractivity contribution in [1.82, 2.24) is 10.2 Å². The molecule has 9 nitrogen and oxygen atoms in total. The summed E-state index contributed by atoms with van der Waals surface area (Å²) in [4.78, 5) is 51.2. The Kier molecular flexibility index (Phi) is 5.60. The van der Waals surface area contributed by atoms with Crippen LogP contribution in [-0.2, 0) is 19.2 Å². The highest BCUT2D eigenvalue weighted by Crippen LogP contribution is 2.50. The first-order valence-electron chi connectivity index (χ1n) is 9.93. The third kappa shape index (κ3) is 3.23. The van der Waals surface area contributed by atoms with Crippen molar-refractivity contribution < 1.29 is 34.5 Å². The quantitative estimate of drug-likeness (QED) is 0.486. The number of amides is 2. The van der Waals surface area contributed by atoms with Crippen LogP contribution in [0.15, 0.2) is 12.1 Å². The zero-order valence-corrected chi connectivity index (χ0v) is 17.1. The molecule has 4 N–H and O–H groups in total. The highest BCUT2D eigenvalue weighted by atomic mass is 16.4. The average Bonchev–Trinajstić information content (AvgIpc) is 3.12. The number of carbonyl (C=O) groups is 4. The van der Waals surface area contributed by atoms with Crippen LogP contribution in [0.2, 0.25) is 0 Å². The van der Waals surface area contributed by atoms with E-state index in [1.165, 1.54) is 0 Å². The first-order chi connectivity index (χ1) is 14.0. The van der Waals surface area contributed by atoms with Gasteiger partial charge in [-0.1, -0.05) is 25.5 Å². The number of carboxylic acids is 2. The number of hydrogen-bond donors (Lipinski definition) is 4. The predicted molar refractivity (Wildman–Crippen MR) is 105 cm³/mol. The molecule has 4 atom stereocenters. The number of rotatable bonds is 7. The van der Waals surface area contributed by atoms with Crippen molar-refractivity contribution in [1.29, 1.82) is 0 Å². The van der Waals surface area contributed by atoms with Gasteiger partial charge in [0.2, 0.25) is 11.8 Å². The molecule has 0 aromatic heterocycles. The SMILES string of the molecule is CCCCN1C(=O)C2C(c3cc(C)c(O)c(C)c3)NC(CC(=O)O)(C(=O)O)C2C1=O. The van der Waals surface area contributed by atoms with E-state index in [1.807, 2.05) is 6.92 Å². The Morgan fingerprint density at radius 3 is 2.23 bits per heavy atom. The van der Waals surface area contributed by atoms with Gasteiger partial charge in [-0.3, -0.25) is 29.4 Å². The largest absolute Gasteiger partial charge is 0.507 e. The van der Waals surface area contributed by atoms with E-state index in [9.17, 15) is 34.5 Å². The lowest BCUT2D eigenvalue weighted by Crippen LogP contribution is -2.57. The van der Waals surface area contributed by atoms with Crippen LogP contribution in [0.3, 0.4) is 0 Å². The van der Waals surface area contributed by atoms with Gasteiger partial charge in [0.15, 0.2) is 0 Å². The predicted octanol–water partition coefficient (Wildman–Crippen LogP) is 1.35. The smallest absolute Gasteiger partial charge is 0.325 e. The number of benzene rings is 1. The second kappa shape index (κ2) is 7.71. The van der Waals surface area contributed by atoms with Crippen molar-refractivity contribution in [2.24, 2.45) is 11.8 Å². The third-order valence-corrected chi connectivity index (χ3v) is 6.16. The number of carbonyl (C=O) groups excluding carboxylic acids is 2. The molecule has 2 heterocycles. The van der Waals surface area contributed by atoms with Gasteiger partial charge in [0.05, 0.1) is 18.3 Å². The topological polar surface area (TPSA) is 144 Å². The van der Waals surface area contributed by atoms with Crippen molar-refractivity contribution in [3.8, 4) is 5.75 Å². The molecule has 162 valence electrons. The Morgan fingerprint density at radius 2 is 1.73 bits per heavy atom. The Morgan fingerprint density at radius 1 is 1.13 bits per heavy atom. The molecule has 9 heteroatoms. The lowest BCUT2D eigenvalue weighted by atomic mass is 9.77. The molecule has 0 saturated carbocycles. The molecule has 2 aliphatic heterocycles. The molecule has 30 heavy (non-hydrogen) atoms. The average molecular weight is 418 g/mol.